The summed E-state index contributed by atoms with van der Waals surface area (Å²) in [5.74, 6) is 0.252. The van der Waals surface area contributed by atoms with E-state index in [-0.39, 0.29) is 5.82 Å². The number of aryl methyl sites for hydroxylation is 1. The fraction of sp³-hybridized carbons (Fsp3) is 0.222. The molecule has 3 aromatic carbocycles. The zero-order valence-electron chi connectivity index (χ0n) is 19.7. The van der Waals surface area contributed by atoms with E-state index in [1.807, 2.05) is 42.8 Å². The number of hydrogen-bond acceptors (Lipinski definition) is 4. The van der Waals surface area contributed by atoms with Gasteiger partial charge in [0, 0.05) is 35.4 Å². The molecular weight excluding hydrogens is 450 g/mol. The van der Waals surface area contributed by atoms with Crippen LogP contribution in [0.4, 0.5) is 14.6 Å². The summed E-state index contributed by atoms with van der Waals surface area (Å²) in [4.78, 5) is 5.58. The van der Waals surface area contributed by atoms with Gasteiger partial charge >= 0.3 is 0 Å². The Morgan fingerprint density at radius 1 is 1.06 bits per heavy atom. The number of nitrogens with zero attached hydrogens (tertiary/aromatic N) is 4. The number of hydroxylamine groups is 1. The molecule has 1 unspecified atom stereocenters. The molecule has 0 saturated heterocycles. The van der Waals surface area contributed by atoms with E-state index in [4.69, 9.17) is 4.84 Å². The number of anilines is 1. The number of alkyl halides is 1. The molecule has 35 heavy (non-hydrogen) atoms. The molecule has 1 N–H and O–H groups in total. The third kappa shape index (κ3) is 3.57. The van der Waals surface area contributed by atoms with Crippen LogP contribution in [0.25, 0.3) is 27.5 Å². The number of rotatable bonds is 7. The number of fused-ring (bicyclic) bond motifs is 2. The topological polar surface area (TPSA) is 55.5 Å². The molecule has 0 amide bonds. The van der Waals surface area contributed by atoms with Gasteiger partial charge in [-0.1, -0.05) is 24.3 Å². The molecule has 0 saturated carbocycles. The molecule has 6 nitrogen and oxygen atoms in total. The zero-order valence-corrected chi connectivity index (χ0v) is 19.7. The largest absolute Gasteiger partial charge is 0.377 e. The minimum atomic E-state index is -1.94. The second-order valence-electron chi connectivity index (χ2n) is 8.45. The van der Waals surface area contributed by atoms with Crippen molar-refractivity contribution in [2.24, 2.45) is 7.05 Å². The summed E-state index contributed by atoms with van der Waals surface area (Å²) in [6.07, 6.45) is 1.65. The van der Waals surface area contributed by atoms with E-state index in [0.717, 1.165) is 21.8 Å². The first-order chi connectivity index (χ1) is 16.9. The van der Waals surface area contributed by atoms with E-state index in [1.54, 1.807) is 53.4 Å². The van der Waals surface area contributed by atoms with E-state index >= 15 is 0 Å². The molecule has 8 heteroatoms. The smallest absolute Gasteiger partial charge is 0.147 e. The maximum atomic E-state index is 14.9. The van der Waals surface area contributed by atoms with Crippen LogP contribution in [-0.2, 0) is 17.5 Å². The normalized spacial score (nSPS) is 13.4. The lowest BCUT2D eigenvalue weighted by Crippen LogP contribution is -2.34. The molecule has 0 bridgehead atoms. The minimum Gasteiger partial charge on any atom is -0.377 e. The van der Waals surface area contributed by atoms with Crippen molar-refractivity contribution in [3.05, 3.63) is 89.9 Å². The molecule has 0 fully saturated rings. The van der Waals surface area contributed by atoms with Crippen molar-refractivity contribution in [3.63, 3.8) is 0 Å². The number of aromatic nitrogens is 3. The average Bonchev–Trinajstić information content (AvgIpc) is 3.44. The van der Waals surface area contributed by atoms with Crippen LogP contribution in [0.3, 0.4) is 0 Å². The van der Waals surface area contributed by atoms with Crippen LogP contribution >= 0.6 is 0 Å². The zero-order chi connectivity index (χ0) is 24.7. The van der Waals surface area contributed by atoms with Crippen molar-refractivity contribution >= 4 is 27.6 Å². The van der Waals surface area contributed by atoms with Crippen LogP contribution in [0.2, 0.25) is 0 Å². The second kappa shape index (κ2) is 8.79. The number of para-hydroxylation sites is 1. The Balaban J connectivity index is 1.71. The minimum absolute atomic E-state index is 0.330. The molecule has 0 aliphatic carbocycles. The summed E-state index contributed by atoms with van der Waals surface area (Å²) in [7, 11) is 3.42. The Morgan fingerprint density at radius 2 is 1.80 bits per heavy atom. The number of halogens is 2. The fourth-order valence-corrected chi connectivity index (χ4v) is 4.81. The van der Waals surface area contributed by atoms with Crippen molar-refractivity contribution in [1.82, 2.24) is 14.3 Å². The highest BCUT2D eigenvalue weighted by Gasteiger charge is 2.39. The second-order valence-corrected chi connectivity index (χ2v) is 8.45. The Labute approximate surface area is 201 Å². The van der Waals surface area contributed by atoms with Gasteiger partial charge in [0.1, 0.15) is 23.9 Å². The molecular formula is C27H26F2N4O2. The lowest BCUT2D eigenvalue weighted by Gasteiger charge is -2.30. The van der Waals surface area contributed by atoms with E-state index in [0.29, 0.717) is 29.2 Å². The molecule has 0 radical (unpaired) electrons. The quantitative estimate of drug-likeness (QED) is 0.326. The van der Waals surface area contributed by atoms with Gasteiger partial charge in [-0.3, -0.25) is 4.84 Å². The summed E-state index contributed by atoms with van der Waals surface area (Å²) in [5, 5.41) is 19.5. The molecule has 1 atom stereocenters. The maximum Gasteiger partial charge on any atom is 0.147 e. The van der Waals surface area contributed by atoms with Crippen molar-refractivity contribution in [2.45, 2.75) is 12.5 Å². The Bertz CT molecular complexity index is 1510. The third-order valence-corrected chi connectivity index (χ3v) is 6.54. The van der Waals surface area contributed by atoms with Gasteiger partial charge in [0.15, 0.2) is 0 Å². The van der Waals surface area contributed by atoms with Gasteiger partial charge in [0.25, 0.3) is 0 Å². The molecule has 0 aliphatic heterocycles. The van der Waals surface area contributed by atoms with Crippen molar-refractivity contribution in [1.29, 1.82) is 0 Å². The highest BCUT2D eigenvalue weighted by Crippen LogP contribution is 2.43. The van der Waals surface area contributed by atoms with Gasteiger partial charge < -0.3 is 9.67 Å². The molecule has 2 heterocycles. The van der Waals surface area contributed by atoms with E-state index in [2.05, 4.69) is 5.10 Å². The molecule has 0 spiro atoms. The Morgan fingerprint density at radius 3 is 2.49 bits per heavy atom. The number of aliphatic hydroxyl groups is 1. The van der Waals surface area contributed by atoms with Crippen LogP contribution in [0, 0.1) is 5.82 Å². The molecule has 2 aromatic heterocycles. The highest BCUT2D eigenvalue weighted by atomic mass is 19.1. The van der Waals surface area contributed by atoms with Crippen LogP contribution in [-0.4, -0.2) is 39.8 Å². The molecule has 5 rings (SSSR count). The van der Waals surface area contributed by atoms with Gasteiger partial charge in [-0.15, -0.1) is 0 Å². The first-order valence-corrected chi connectivity index (χ1v) is 11.3. The number of benzene rings is 3. The summed E-state index contributed by atoms with van der Waals surface area (Å²) in [6.45, 7) is 1.39. The monoisotopic (exact) mass is 476 g/mol. The maximum absolute atomic E-state index is 14.9. The first-order valence-electron chi connectivity index (χ1n) is 11.3. The van der Waals surface area contributed by atoms with Crippen LogP contribution in [0.1, 0.15) is 18.1 Å². The van der Waals surface area contributed by atoms with Gasteiger partial charge in [-0.05, 0) is 55.0 Å². The summed E-state index contributed by atoms with van der Waals surface area (Å²) >= 11 is 0. The van der Waals surface area contributed by atoms with Crippen LogP contribution in [0.15, 0.2) is 72.9 Å². The highest BCUT2D eigenvalue weighted by molar-refractivity contribution is 5.92. The summed E-state index contributed by atoms with van der Waals surface area (Å²) in [6, 6.07) is 18.8. The third-order valence-electron chi connectivity index (χ3n) is 6.54. The van der Waals surface area contributed by atoms with Crippen molar-refractivity contribution in [2.75, 3.05) is 25.4 Å². The standard InChI is InChI=1S/C27H26F2N4O2/c1-4-32(35-3)26-25(22-7-5-6-8-24(22)31(26)2)27(34,17-28)19-9-14-23-18(15-19)16-30-33(23)21-12-10-20(29)11-13-21/h5-16,34H,4,17H2,1-3H3. The lowest BCUT2D eigenvalue weighted by atomic mass is 9.86. The average molecular weight is 477 g/mol. The van der Waals surface area contributed by atoms with Crippen molar-refractivity contribution < 1.29 is 18.7 Å². The predicted octanol–water partition coefficient (Wildman–Crippen LogP) is 5.25. The van der Waals surface area contributed by atoms with Crippen LogP contribution < -0.4 is 5.06 Å². The first kappa shape index (κ1) is 23.0. The van der Waals surface area contributed by atoms with E-state index in [9.17, 15) is 13.9 Å². The predicted molar refractivity (Wildman–Crippen MR) is 133 cm³/mol. The van der Waals surface area contributed by atoms with Gasteiger partial charge in [-0.2, -0.15) is 5.10 Å². The van der Waals surface area contributed by atoms with Gasteiger partial charge in [0.05, 0.1) is 24.5 Å². The number of hydrogen-bond donors (Lipinski definition) is 1. The Hall–Kier alpha value is -3.75. The summed E-state index contributed by atoms with van der Waals surface area (Å²) in [5.41, 5.74) is 1.21. The SMILES string of the molecule is CCN(OC)c1c(C(O)(CF)c2ccc3c(cnn3-c3ccc(F)cc3)c2)c2ccccc2n1C. The lowest BCUT2D eigenvalue weighted by molar-refractivity contribution is 0.0518. The van der Waals surface area contributed by atoms with Gasteiger partial charge in [-0.25, -0.2) is 18.5 Å². The molecule has 5 aromatic rings. The van der Waals surface area contributed by atoms with E-state index < -0.39 is 12.3 Å². The molecule has 0 aliphatic rings. The fourth-order valence-electron chi connectivity index (χ4n) is 4.81. The van der Waals surface area contributed by atoms with Gasteiger partial charge in [0.2, 0.25) is 0 Å². The van der Waals surface area contributed by atoms with E-state index in [1.165, 1.54) is 12.1 Å². The van der Waals surface area contributed by atoms with Crippen molar-refractivity contribution in [3.8, 4) is 5.69 Å². The summed E-state index contributed by atoms with van der Waals surface area (Å²) < 4.78 is 31.9. The van der Waals surface area contributed by atoms with Crippen LogP contribution in [0.5, 0.6) is 0 Å². The molecule has 180 valence electrons. The Kier molecular flexibility index (Phi) is 5.78.